The summed E-state index contributed by atoms with van der Waals surface area (Å²) in [4.78, 5) is 35.2. The van der Waals surface area contributed by atoms with Crippen molar-refractivity contribution in [3.63, 3.8) is 0 Å². The summed E-state index contributed by atoms with van der Waals surface area (Å²) in [5.41, 5.74) is 6.11. The van der Waals surface area contributed by atoms with Crippen molar-refractivity contribution >= 4 is 35.5 Å². The van der Waals surface area contributed by atoms with Crippen molar-refractivity contribution in [2.24, 2.45) is 11.7 Å². The first-order valence-corrected chi connectivity index (χ1v) is 13.4. The molecule has 0 spiro atoms. The summed E-state index contributed by atoms with van der Waals surface area (Å²) in [6.07, 6.45) is 4.43. The van der Waals surface area contributed by atoms with Crippen LogP contribution >= 0.6 is 0 Å². The van der Waals surface area contributed by atoms with Crippen molar-refractivity contribution in [1.29, 1.82) is 0 Å². The van der Waals surface area contributed by atoms with Gasteiger partial charge in [-0.05, 0) is 45.7 Å². The monoisotopic (exact) mass is 542 g/mol. The molecule has 4 N–H and O–H groups in total. The molecule has 0 unspecified atom stereocenters. The molecule has 2 aromatic rings. The lowest BCUT2D eigenvalue weighted by molar-refractivity contribution is -0.108. The topological polar surface area (TPSA) is 149 Å². The first-order chi connectivity index (χ1) is 18.6. The van der Waals surface area contributed by atoms with Gasteiger partial charge in [-0.3, -0.25) is 4.79 Å². The number of carbonyl (C=O) groups excluding carboxylic acids is 3. The normalized spacial score (nSPS) is 15.0. The van der Waals surface area contributed by atoms with Gasteiger partial charge in [0.15, 0.2) is 11.5 Å². The molecule has 2 aliphatic rings. The second-order valence-corrected chi connectivity index (χ2v) is 10.0. The summed E-state index contributed by atoms with van der Waals surface area (Å²) in [7, 11) is 1.71. The van der Waals surface area contributed by atoms with E-state index in [1.165, 1.54) is 0 Å². The molecule has 4 rings (SSSR count). The van der Waals surface area contributed by atoms with Crippen LogP contribution < -0.4 is 21.1 Å². The number of amides is 2. The molecule has 11 heteroatoms. The fourth-order valence-electron chi connectivity index (χ4n) is 3.50. The Morgan fingerprint density at radius 1 is 1.08 bits per heavy atom. The number of primary amides is 1. The molecule has 1 aromatic carbocycles. The molecule has 1 aromatic heterocycles. The zero-order valence-corrected chi connectivity index (χ0v) is 23.8. The van der Waals surface area contributed by atoms with E-state index < -0.39 is 11.5 Å². The number of piperidine rings is 1. The number of aromatic nitrogens is 2. The number of likely N-dealkylation sites (tertiary alicyclic amines) is 1. The standard InChI is InChI=1S/C22H30N6O4.C4H6O.C2H6/c1-22(2,3)32-21(30)28-10-8-15(9-11-28)31-16-7-5-6-14(12-16)25-17-13-18(24-4)26-27-19(17)20(23)29;5-3-4-1-2-4;1-2/h5-7,12-13,15H,8-11H2,1-4H3,(H2,23,29)(H2,24,25,26);3-4H,1-2H2;1-2H3. The maximum absolute atomic E-state index is 12.2. The van der Waals surface area contributed by atoms with Crippen molar-refractivity contribution in [3.05, 3.63) is 36.0 Å². The number of benzene rings is 1. The second-order valence-electron chi connectivity index (χ2n) is 10.0. The molecule has 1 saturated carbocycles. The average molecular weight is 543 g/mol. The molecule has 1 aliphatic heterocycles. The quantitative estimate of drug-likeness (QED) is 0.421. The van der Waals surface area contributed by atoms with E-state index in [1.807, 2.05) is 58.9 Å². The van der Waals surface area contributed by atoms with E-state index in [4.69, 9.17) is 15.2 Å². The molecule has 2 fully saturated rings. The smallest absolute Gasteiger partial charge is 0.410 e. The van der Waals surface area contributed by atoms with Gasteiger partial charge in [0.25, 0.3) is 5.91 Å². The number of ether oxygens (including phenoxy) is 2. The molecule has 2 heterocycles. The molecule has 1 saturated heterocycles. The molecule has 2 amide bonds. The van der Waals surface area contributed by atoms with Gasteiger partial charge in [-0.2, -0.15) is 0 Å². The van der Waals surface area contributed by atoms with Crippen molar-refractivity contribution in [1.82, 2.24) is 15.1 Å². The summed E-state index contributed by atoms with van der Waals surface area (Å²) in [6.45, 7) is 10.7. The Morgan fingerprint density at radius 2 is 1.74 bits per heavy atom. The Balaban J connectivity index is 0.000000671. The largest absolute Gasteiger partial charge is 0.490 e. The maximum atomic E-state index is 12.2. The van der Waals surface area contributed by atoms with Crippen LogP contribution in [0.3, 0.4) is 0 Å². The first-order valence-electron chi connectivity index (χ1n) is 13.4. The molecule has 0 atom stereocenters. The van der Waals surface area contributed by atoms with Crippen LogP contribution in [0.25, 0.3) is 0 Å². The SMILES string of the molecule is CC.CNc1cc(Nc2cccc(OC3CCN(C(=O)OC(C)(C)C)CC3)c2)c(C(N)=O)nn1.O=CC1CC1. The van der Waals surface area contributed by atoms with Crippen LogP contribution in [0.15, 0.2) is 30.3 Å². The lowest BCUT2D eigenvalue weighted by Gasteiger charge is -2.33. The number of nitrogens with two attached hydrogens (primary N) is 1. The minimum Gasteiger partial charge on any atom is -0.490 e. The first kappa shape index (κ1) is 31.3. The number of aldehydes is 1. The van der Waals surface area contributed by atoms with E-state index in [9.17, 15) is 14.4 Å². The third-order valence-electron chi connectivity index (χ3n) is 5.61. The highest BCUT2D eigenvalue weighted by Gasteiger charge is 2.27. The molecule has 39 heavy (non-hydrogen) atoms. The van der Waals surface area contributed by atoms with Crippen molar-refractivity contribution in [2.45, 2.75) is 72.0 Å². The molecule has 1 aliphatic carbocycles. The van der Waals surface area contributed by atoms with Gasteiger partial charge in [-0.1, -0.05) is 19.9 Å². The highest BCUT2D eigenvalue weighted by Crippen LogP contribution is 2.27. The van der Waals surface area contributed by atoms with Crippen LogP contribution in [-0.4, -0.2) is 65.2 Å². The fraction of sp³-hybridized carbons (Fsp3) is 0.536. The van der Waals surface area contributed by atoms with Crippen molar-refractivity contribution < 1.29 is 23.9 Å². The highest BCUT2D eigenvalue weighted by atomic mass is 16.6. The maximum Gasteiger partial charge on any atom is 0.410 e. The lowest BCUT2D eigenvalue weighted by Crippen LogP contribution is -2.44. The Kier molecular flexibility index (Phi) is 12.0. The van der Waals surface area contributed by atoms with Crippen molar-refractivity contribution in [3.8, 4) is 5.75 Å². The van der Waals surface area contributed by atoms with Gasteiger partial charge in [0.1, 0.15) is 23.7 Å². The van der Waals surface area contributed by atoms with Gasteiger partial charge in [0.2, 0.25) is 0 Å². The number of hydrogen-bond acceptors (Lipinski definition) is 9. The third-order valence-corrected chi connectivity index (χ3v) is 5.61. The van der Waals surface area contributed by atoms with E-state index in [-0.39, 0.29) is 17.9 Å². The fourth-order valence-corrected chi connectivity index (χ4v) is 3.50. The number of hydrogen-bond donors (Lipinski definition) is 3. The summed E-state index contributed by atoms with van der Waals surface area (Å²) >= 11 is 0. The third kappa shape index (κ3) is 10.8. The van der Waals surface area contributed by atoms with E-state index in [1.54, 1.807) is 18.0 Å². The lowest BCUT2D eigenvalue weighted by atomic mass is 10.1. The Bertz CT molecular complexity index is 1090. The van der Waals surface area contributed by atoms with Crippen LogP contribution in [-0.2, 0) is 9.53 Å². The predicted molar refractivity (Wildman–Crippen MR) is 151 cm³/mol. The number of rotatable bonds is 7. The highest BCUT2D eigenvalue weighted by molar-refractivity contribution is 5.97. The molecule has 214 valence electrons. The summed E-state index contributed by atoms with van der Waals surface area (Å²) in [5.74, 6) is 0.964. The van der Waals surface area contributed by atoms with Crippen LogP contribution in [0.5, 0.6) is 5.75 Å². The van der Waals surface area contributed by atoms with Crippen molar-refractivity contribution in [2.75, 3.05) is 30.8 Å². The van der Waals surface area contributed by atoms with E-state index >= 15 is 0 Å². The number of carbonyl (C=O) groups is 3. The Morgan fingerprint density at radius 3 is 2.26 bits per heavy atom. The Hall–Kier alpha value is -3.89. The average Bonchev–Trinajstić information content (AvgIpc) is 3.75. The van der Waals surface area contributed by atoms with Crippen LogP contribution in [0, 0.1) is 5.92 Å². The minimum absolute atomic E-state index is 0.0106. The zero-order valence-electron chi connectivity index (χ0n) is 23.8. The van der Waals surface area contributed by atoms with Gasteiger partial charge in [0.05, 0.1) is 5.69 Å². The van der Waals surface area contributed by atoms with Gasteiger partial charge < -0.3 is 35.5 Å². The van der Waals surface area contributed by atoms with Gasteiger partial charge in [-0.15, -0.1) is 10.2 Å². The molecular weight excluding hydrogens is 500 g/mol. The number of nitrogens with one attached hydrogen (secondary N) is 2. The Labute approximate surface area is 230 Å². The van der Waals surface area contributed by atoms with Crippen LogP contribution in [0.4, 0.5) is 22.0 Å². The van der Waals surface area contributed by atoms with E-state index in [0.717, 1.165) is 19.1 Å². The van der Waals surface area contributed by atoms with E-state index in [2.05, 4.69) is 20.8 Å². The van der Waals surface area contributed by atoms with Crippen LogP contribution in [0.1, 0.15) is 70.8 Å². The summed E-state index contributed by atoms with van der Waals surface area (Å²) in [6, 6.07) is 9.06. The van der Waals surface area contributed by atoms with Crippen LogP contribution in [0.2, 0.25) is 0 Å². The molecule has 11 nitrogen and oxygen atoms in total. The number of nitrogens with zero attached hydrogens (tertiary/aromatic N) is 3. The predicted octanol–water partition coefficient (Wildman–Crippen LogP) is 4.76. The second kappa shape index (κ2) is 14.9. The van der Waals surface area contributed by atoms with Gasteiger partial charge in [-0.25, -0.2) is 4.79 Å². The van der Waals surface area contributed by atoms with Gasteiger partial charge in [0, 0.05) is 56.7 Å². The molecule has 0 bridgehead atoms. The summed E-state index contributed by atoms with van der Waals surface area (Å²) < 4.78 is 11.6. The van der Waals surface area contributed by atoms with Gasteiger partial charge >= 0.3 is 6.09 Å². The molecule has 0 radical (unpaired) electrons. The number of anilines is 3. The zero-order chi connectivity index (χ0) is 29.0. The van der Waals surface area contributed by atoms with E-state index in [0.29, 0.717) is 54.8 Å². The molecular formula is C28H42N6O5. The summed E-state index contributed by atoms with van der Waals surface area (Å²) in [5, 5.41) is 13.8. The minimum atomic E-state index is -0.674.